The molecule has 1 atom stereocenters. The Morgan fingerprint density at radius 2 is 2.47 bits per heavy atom. The fourth-order valence-electron chi connectivity index (χ4n) is 1.70. The summed E-state index contributed by atoms with van der Waals surface area (Å²) in [6.07, 6.45) is 4.55. The highest BCUT2D eigenvalue weighted by Gasteiger charge is 2.13. The first-order chi connectivity index (χ1) is 7.34. The minimum Gasteiger partial charge on any atom is -0.370 e. The van der Waals surface area contributed by atoms with Crippen molar-refractivity contribution >= 4 is 33.5 Å². The Morgan fingerprint density at radius 1 is 1.53 bits per heavy atom. The normalized spacial score (nSPS) is 21.3. The van der Waals surface area contributed by atoms with Crippen molar-refractivity contribution in [2.24, 2.45) is 5.92 Å². The molecule has 1 aliphatic heterocycles. The molecule has 82 valence electrons. The van der Waals surface area contributed by atoms with Crippen LogP contribution in [0.3, 0.4) is 0 Å². The van der Waals surface area contributed by atoms with Crippen molar-refractivity contribution in [1.82, 2.24) is 4.98 Å². The molecule has 0 aromatic carbocycles. The Balaban J connectivity index is 1.79. The average Bonchev–Trinajstić information content (AvgIpc) is 2.30. The number of nitrogens with one attached hydrogen (secondary N) is 1. The molecule has 0 amide bonds. The van der Waals surface area contributed by atoms with Gasteiger partial charge in [-0.25, -0.2) is 4.98 Å². The zero-order valence-electron chi connectivity index (χ0n) is 8.58. The standard InChI is InChI=1S/C11H15BrN2S/c12-10-3-4-11(14-7-10)13-6-9-2-1-5-15-8-9/h3-4,7,9H,1-2,5-6,8H2,(H,13,14). The second kappa shape index (κ2) is 5.75. The van der Waals surface area contributed by atoms with Crippen LogP contribution in [-0.2, 0) is 0 Å². The third-order valence-electron chi connectivity index (χ3n) is 2.55. The Morgan fingerprint density at radius 3 is 3.13 bits per heavy atom. The molecule has 1 N–H and O–H groups in total. The van der Waals surface area contributed by atoms with Crippen molar-refractivity contribution in [3.8, 4) is 0 Å². The van der Waals surface area contributed by atoms with E-state index in [0.29, 0.717) is 0 Å². The molecule has 1 aromatic heterocycles. The van der Waals surface area contributed by atoms with Crippen molar-refractivity contribution in [3.05, 3.63) is 22.8 Å². The van der Waals surface area contributed by atoms with Gasteiger partial charge < -0.3 is 5.32 Å². The summed E-state index contributed by atoms with van der Waals surface area (Å²) < 4.78 is 1.03. The van der Waals surface area contributed by atoms with Crippen LogP contribution < -0.4 is 5.32 Å². The highest BCUT2D eigenvalue weighted by atomic mass is 79.9. The van der Waals surface area contributed by atoms with Gasteiger partial charge in [-0.05, 0) is 58.3 Å². The number of thioether (sulfide) groups is 1. The number of nitrogens with zero attached hydrogens (tertiary/aromatic N) is 1. The topological polar surface area (TPSA) is 24.9 Å². The van der Waals surface area contributed by atoms with Crippen LogP contribution >= 0.6 is 27.7 Å². The van der Waals surface area contributed by atoms with Gasteiger partial charge in [0, 0.05) is 17.2 Å². The fourth-order valence-corrected chi connectivity index (χ4v) is 3.09. The van der Waals surface area contributed by atoms with Crippen molar-refractivity contribution in [1.29, 1.82) is 0 Å². The van der Waals surface area contributed by atoms with Crippen LogP contribution in [0.25, 0.3) is 0 Å². The number of anilines is 1. The summed E-state index contributed by atoms with van der Waals surface area (Å²) in [5, 5.41) is 3.40. The number of hydrogen-bond donors (Lipinski definition) is 1. The van der Waals surface area contributed by atoms with E-state index in [2.05, 4.69) is 38.0 Å². The Hall–Kier alpha value is -0.220. The summed E-state index contributed by atoms with van der Waals surface area (Å²) >= 11 is 5.45. The van der Waals surface area contributed by atoms with E-state index in [1.54, 1.807) is 0 Å². The predicted octanol–water partition coefficient (Wildman–Crippen LogP) is 3.40. The second-order valence-electron chi connectivity index (χ2n) is 3.83. The van der Waals surface area contributed by atoms with Gasteiger partial charge in [0.25, 0.3) is 0 Å². The van der Waals surface area contributed by atoms with Crippen molar-refractivity contribution in [2.75, 3.05) is 23.4 Å². The van der Waals surface area contributed by atoms with Gasteiger partial charge in [-0.15, -0.1) is 0 Å². The van der Waals surface area contributed by atoms with Crippen LogP contribution in [0.15, 0.2) is 22.8 Å². The van der Waals surface area contributed by atoms with Crippen LogP contribution in [-0.4, -0.2) is 23.0 Å². The minimum absolute atomic E-state index is 0.814. The Kier molecular flexibility index (Phi) is 4.32. The van der Waals surface area contributed by atoms with Crippen LogP contribution in [0.2, 0.25) is 0 Å². The number of hydrogen-bond acceptors (Lipinski definition) is 3. The molecule has 1 saturated heterocycles. The number of pyridine rings is 1. The van der Waals surface area contributed by atoms with Gasteiger partial charge >= 0.3 is 0 Å². The Bertz CT molecular complexity index is 296. The van der Waals surface area contributed by atoms with Crippen LogP contribution in [0, 0.1) is 5.92 Å². The Labute approximate surface area is 103 Å². The van der Waals surface area contributed by atoms with Crippen molar-refractivity contribution in [3.63, 3.8) is 0 Å². The van der Waals surface area contributed by atoms with Gasteiger partial charge in [0.2, 0.25) is 0 Å². The van der Waals surface area contributed by atoms with Crippen molar-refractivity contribution in [2.45, 2.75) is 12.8 Å². The van der Waals surface area contributed by atoms with Gasteiger partial charge in [0.1, 0.15) is 5.82 Å². The van der Waals surface area contributed by atoms with E-state index >= 15 is 0 Å². The summed E-state index contributed by atoms with van der Waals surface area (Å²) in [7, 11) is 0. The lowest BCUT2D eigenvalue weighted by atomic mass is 10.1. The van der Waals surface area contributed by atoms with Crippen molar-refractivity contribution < 1.29 is 0 Å². The number of aromatic nitrogens is 1. The molecule has 2 rings (SSSR count). The largest absolute Gasteiger partial charge is 0.370 e. The molecular weight excluding hydrogens is 272 g/mol. The van der Waals surface area contributed by atoms with Crippen LogP contribution in [0.1, 0.15) is 12.8 Å². The molecule has 0 bridgehead atoms. The highest BCUT2D eigenvalue weighted by molar-refractivity contribution is 9.10. The molecule has 2 nitrogen and oxygen atoms in total. The second-order valence-corrected chi connectivity index (χ2v) is 5.89. The van der Waals surface area contributed by atoms with Crippen LogP contribution in [0.5, 0.6) is 0 Å². The quantitative estimate of drug-likeness (QED) is 0.922. The minimum atomic E-state index is 0.814. The lowest BCUT2D eigenvalue weighted by molar-refractivity contribution is 0.548. The van der Waals surface area contributed by atoms with E-state index in [1.807, 2.05) is 18.3 Å². The SMILES string of the molecule is Brc1ccc(NCC2CCCSC2)nc1. The molecule has 1 aromatic rings. The fraction of sp³-hybridized carbons (Fsp3) is 0.545. The molecule has 0 aliphatic carbocycles. The first kappa shape index (κ1) is 11.3. The summed E-state index contributed by atoms with van der Waals surface area (Å²) in [6, 6.07) is 4.03. The monoisotopic (exact) mass is 286 g/mol. The first-order valence-corrected chi connectivity index (χ1v) is 7.22. The molecule has 4 heteroatoms. The number of halogens is 1. The predicted molar refractivity (Wildman–Crippen MR) is 70.5 cm³/mol. The molecule has 2 heterocycles. The highest BCUT2D eigenvalue weighted by Crippen LogP contribution is 2.22. The van der Waals surface area contributed by atoms with Crippen LogP contribution in [0.4, 0.5) is 5.82 Å². The summed E-state index contributed by atoms with van der Waals surface area (Å²) in [6.45, 7) is 1.06. The molecule has 1 unspecified atom stereocenters. The molecule has 0 saturated carbocycles. The maximum absolute atomic E-state index is 4.30. The van der Waals surface area contributed by atoms with Gasteiger partial charge in [0.05, 0.1) is 0 Å². The summed E-state index contributed by atoms with van der Waals surface area (Å²) in [4.78, 5) is 4.30. The lowest BCUT2D eigenvalue weighted by Crippen LogP contribution is -2.20. The van der Waals surface area contributed by atoms with Gasteiger partial charge in [-0.1, -0.05) is 0 Å². The maximum atomic E-state index is 4.30. The lowest BCUT2D eigenvalue weighted by Gasteiger charge is -2.21. The molecule has 15 heavy (non-hydrogen) atoms. The molecular formula is C11H15BrN2S. The molecule has 0 radical (unpaired) electrons. The molecule has 1 aliphatic rings. The van der Waals surface area contributed by atoms with E-state index in [4.69, 9.17) is 0 Å². The zero-order valence-corrected chi connectivity index (χ0v) is 11.0. The summed E-state index contributed by atoms with van der Waals surface area (Å²) in [5.41, 5.74) is 0. The van der Waals surface area contributed by atoms with E-state index in [0.717, 1.165) is 22.8 Å². The van der Waals surface area contributed by atoms with E-state index in [-0.39, 0.29) is 0 Å². The van der Waals surface area contributed by atoms with E-state index in [9.17, 15) is 0 Å². The van der Waals surface area contributed by atoms with Gasteiger partial charge in [0.15, 0.2) is 0 Å². The molecule has 0 spiro atoms. The number of rotatable bonds is 3. The third kappa shape index (κ3) is 3.68. The first-order valence-electron chi connectivity index (χ1n) is 5.28. The third-order valence-corrected chi connectivity index (χ3v) is 4.31. The van der Waals surface area contributed by atoms with E-state index < -0.39 is 0 Å². The van der Waals surface area contributed by atoms with Gasteiger partial charge in [-0.2, -0.15) is 11.8 Å². The smallest absolute Gasteiger partial charge is 0.125 e. The molecule has 1 fully saturated rings. The average molecular weight is 287 g/mol. The van der Waals surface area contributed by atoms with Gasteiger partial charge in [-0.3, -0.25) is 0 Å². The maximum Gasteiger partial charge on any atom is 0.125 e. The zero-order chi connectivity index (χ0) is 10.5. The van der Waals surface area contributed by atoms with E-state index in [1.165, 1.54) is 24.3 Å². The summed E-state index contributed by atoms with van der Waals surface area (Å²) in [5.74, 6) is 4.43.